The van der Waals surface area contributed by atoms with Gasteiger partial charge in [-0.3, -0.25) is 0 Å². The molecule has 1 heterocycles. The molecular weight excluding hydrogens is 252 g/mol. The maximum absolute atomic E-state index is 13.0. The third kappa shape index (κ3) is 3.61. The standard InChI is InChI=1S/C13H13F2N3O/c1-2-19-13-6-12(17-8-18-13)16-7-9-3-4-10(14)11(15)5-9/h3-6,8H,2,7H2,1H3,(H,16,17,18). The third-order valence-corrected chi connectivity index (χ3v) is 2.39. The average molecular weight is 265 g/mol. The van der Waals surface area contributed by atoms with Crippen molar-refractivity contribution in [2.75, 3.05) is 11.9 Å². The van der Waals surface area contributed by atoms with Gasteiger partial charge in [-0.15, -0.1) is 0 Å². The van der Waals surface area contributed by atoms with Crippen LogP contribution in [-0.2, 0) is 6.54 Å². The highest BCUT2D eigenvalue weighted by Gasteiger charge is 2.03. The van der Waals surface area contributed by atoms with Crippen LogP contribution in [0.3, 0.4) is 0 Å². The molecule has 0 spiro atoms. The number of benzene rings is 1. The Balaban J connectivity index is 2.01. The molecule has 0 fully saturated rings. The van der Waals surface area contributed by atoms with E-state index in [4.69, 9.17) is 4.74 Å². The summed E-state index contributed by atoms with van der Waals surface area (Å²) < 4.78 is 31.0. The summed E-state index contributed by atoms with van der Waals surface area (Å²) in [4.78, 5) is 7.93. The van der Waals surface area contributed by atoms with Gasteiger partial charge in [-0.05, 0) is 24.6 Å². The second-order valence-electron chi connectivity index (χ2n) is 3.78. The molecular formula is C13H13F2N3O. The van der Waals surface area contributed by atoms with Crippen molar-refractivity contribution in [1.29, 1.82) is 0 Å². The van der Waals surface area contributed by atoms with Crippen LogP contribution >= 0.6 is 0 Å². The van der Waals surface area contributed by atoms with E-state index in [1.807, 2.05) is 6.92 Å². The van der Waals surface area contributed by atoms with Crippen molar-refractivity contribution in [3.8, 4) is 5.88 Å². The lowest BCUT2D eigenvalue weighted by molar-refractivity contribution is 0.326. The zero-order chi connectivity index (χ0) is 13.7. The molecule has 0 unspecified atom stereocenters. The summed E-state index contributed by atoms with van der Waals surface area (Å²) in [5.41, 5.74) is 0.621. The van der Waals surface area contributed by atoms with Crippen molar-refractivity contribution in [1.82, 2.24) is 9.97 Å². The van der Waals surface area contributed by atoms with E-state index in [0.717, 1.165) is 12.1 Å². The van der Waals surface area contributed by atoms with Crippen molar-refractivity contribution in [2.24, 2.45) is 0 Å². The lowest BCUT2D eigenvalue weighted by Gasteiger charge is -2.07. The minimum Gasteiger partial charge on any atom is -0.478 e. The Morgan fingerprint density at radius 2 is 2.00 bits per heavy atom. The van der Waals surface area contributed by atoms with E-state index in [0.29, 0.717) is 30.4 Å². The van der Waals surface area contributed by atoms with Crippen molar-refractivity contribution in [3.63, 3.8) is 0 Å². The van der Waals surface area contributed by atoms with Crippen LogP contribution in [-0.4, -0.2) is 16.6 Å². The molecule has 2 aromatic rings. The fourth-order valence-electron chi connectivity index (χ4n) is 1.51. The lowest BCUT2D eigenvalue weighted by Crippen LogP contribution is -2.03. The van der Waals surface area contributed by atoms with Crippen molar-refractivity contribution in [2.45, 2.75) is 13.5 Å². The Labute approximate surface area is 109 Å². The van der Waals surface area contributed by atoms with Crippen LogP contribution in [0.15, 0.2) is 30.6 Å². The van der Waals surface area contributed by atoms with Gasteiger partial charge in [-0.2, -0.15) is 0 Å². The maximum Gasteiger partial charge on any atom is 0.218 e. The van der Waals surface area contributed by atoms with E-state index >= 15 is 0 Å². The van der Waals surface area contributed by atoms with Gasteiger partial charge in [0.2, 0.25) is 5.88 Å². The minimum absolute atomic E-state index is 0.333. The summed E-state index contributed by atoms with van der Waals surface area (Å²) >= 11 is 0. The summed E-state index contributed by atoms with van der Waals surface area (Å²) in [6.45, 7) is 2.70. The van der Waals surface area contributed by atoms with Crippen molar-refractivity contribution >= 4 is 5.82 Å². The number of hydrogen-bond donors (Lipinski definition) is 1. The van der Waals surface area contributed by atoms with Gasteiger partial charge in [0.15, 0.2) is 11.6 Å². The highest BCUT2D eigenvalue weighted by Crippen LogP contribution is 2.13. The second-order valence-corrected chi connectivity index (χ2v) is 3.78. The normalized spacial score (nSPS) is 10.3. The van der Waals surface area contributed by atoms with Gasteiger partial charge < -0.3 is 10.1 Å². The summed E-state index contributed by atoms with van der Waals surface area (Å²) in [5.74, 6) is -0.699. The summed E-state index contributed by atoms with van der Waals surface area (Å²) in [6, 6.07) is 5.39. The number of ether oxygens (including phenoxy) is 1. The summed E-state index contributed by atoms with van der Waals surface area (Å²) in [5, 5.41) is 2.99. The van der Waals surface area contributed by atoms with Crippen LogP contribution in [0.2, 0.25) is 0 Å². The average Bonchev–Trinajstić information content (AvgIpc) is 2.41. The molecule has 0 aliphatic heterocycles. The van der Waals surface area contributed by atoms with Crippen molar-refractivity contribution < 1.29 is 13.5 Å². The SMILES string of the molecule is CCOc1cc(NCc2ccc(F)c(F)c2)ncn1. The van der Waals surface area contributed by atoms with Crippen LogP contribution in [0.5, 0.6) is 5.88 Å². The molecule has 0 saturated carbocycles. The number of nitrogens with one attached hydrogen (secondary N) is 1. The van der Waals surface area contributed by atoms with E-state index < -0.39 is 11.6 Å². The number of rotatable bonds is 5. The first-order chi connectivity index (χ1) is 9.19. The Bertz CT molecular complexity index is 563. The molecule has 100 valence electrons. The van der Waals surface area contributed by atoms with Crippen LogP contribution < -0.4 is 10.1 Å². The highest BCUT2D eigenvalue weighted by atomic mass is 19.2. The van der Waals surface area contributed by atoms with Crippen LogP contribution in [0.1, 0.15) is 12.5 Å². The van der Waals surface area contributed by atoms with E-state index in [-0.39, 0.29) is 0 Å². The van der Waals surface area contributed by atoms with Crippen molar-refractivity contribution in [3.05, 3.63) is 47.8 Å². The van der Waals surface area contributed by atoms with Gasteiger partial charge in [0, 0.05) is 12.6 Å². The topological polar surface area (TPSA) is 47.0 Å². The Morgan fingerprint density at radius 3 is 2.74 bits per heavy atom. The number of nitrogens with zero attached hydrogens (tertiary/aromatic N) is 2. The van der Waals surface area contributed by atoms with Crippen LogP contribution in [0, 0.1) is 11.6 Å². The first kappa shape index (κ1) is 13.2. The molecule has 2 rings (SSSR count). The molecule has 0 saturated heterocycles. The monoisotopic (exact) mass is 265 g/mol. The van der Waals surface area contributed by atoms with Gasteiger partial charge in [-0.25, -0.2) is 18.7 Å². The molecule has 0 radical (unpaired) electrons. The Kier molecular flexibility index (Phi) is 4.22. The summed E-state index contributed by atoms with van der Waals surface area (Å²) in [7, 11) is 0. The van der Waals surface area contributed by atoms with Gasteiger partial charge in [-0.1, -0.05) is 6.07 Å². The predicted octanol–water partition coefficient (Wildman–Crippen LogP) is 2.77. The molecule has 1 aromatic heterocycles. The minimum atomic E-state index is -0.864. The number of halogens is 2. The first-order valence-corrected chi connectivity index (χ1v) is 5.81. The highest BCUT2D eigenvalue weighted by molar-refractivity contribution is 5.38. The maximum atomic E-state index is 13.0. The zero-order valence-electron chi connectivity index (χ0n) is 10.4. The van der Waals surface area contributed by atoms with E-state index in [9.17, 15) is 8.78 Å². The fourth-order valence-corrected chi connectivity index (χ4v) is 1.51. The summed E-state index contributed by atoms with van der Waals surface area (Å²) in [6.07, 6.45) is 1.37. The molecule has 0 bridgehead atoms. The first-order valence-electron chi connectivity index (χ1n) is 5.81. The molecule has 1 aromatic carbocycles. The van der Waals surface area contributed by atoms with Crippen LogP contribution in [0.4, 0.5) is 14.6 Å². The van der Waals surface area contributed by atoms with Gasteiger partial charge in [0.25, 0.3) is 0 Å². The van der Waals surface area contributed by atoms with Crippen LogP contribution in [0.25, 0.3) is 0 Å². The zero-order valence-corrected chi connectivity index (χ0v) is 10.4. The van der Waals surface area contributed by atoms with Gasteiger partial charge >= 0.3 is 0 Å². The van der Waals surface area contributed by atoms with E-state index in [2.05, 4.69) is 15.3 Å². The number of aromatic nitrogens is 2. The van der Waals surface area contributed by atoms with Gasteiger partial charge in [0.1, 0.15) is 12.1 Å². The molecule has 0 atom stereocenters. The Hall–Kier alpha value is -2.24. The molecule has 1 N–H and O–H groups in total. The molecule has 0 aliphatic rings. The number of anilines is 1. The lowest BCUT2D eigenvalue weighted by atomic mass is 10.2. The fraction of sp³-hybridized carbons (Fsp3) is 0.231. The van der Waals surface area contributed by atoms with E-state index in [1.54, 1.807) is 6.07 Å². The molecule has 4 nitrogen and oxygen atoms in total. The quantitative estimate of drug-likeness (QED) is 0.903. The molecule has 0 amide bonds. The molecule has 0 aliphatic carbocycles. The third-order valence-electron chi connectivity index (χ3n) is 2.39. The molecule has 19 heavy (non-hydrogen) atoms. The number of hydrogen-bond acceptors (Lipinski definition) is 4. The Morgan fingerprint density at radius 1 is 1.16 bits per heavy atom. The smallest absolute Gasteiger partial charge is 0.218 e. The predicted molar refractivity (Wildman–Crippen MR) is 66.9 cm³/mol. The molecule has 6 heteroatoms. The largest absolute Gasteiger partial charge is 0.478 e. The van der Waals surface area contributed by atoms with Gasteiger partial charge in [0.05, 0.1) is 6.61 Å². The second kappa shape index (κ2) is 6.08. The van der Waals surface area contributed by atoms with E-state index in [1.165, 1.54) is 12.4 Å².